The molecule has 0 aromatic heterocycles. The summed E-state index contributed by atoms with van der Waals surface area (Å²) in [4.78, 5) is 12.2. The SMILES string of the molecule is CSCCCNC(=O)c1cccc(-c2cccc(CCN)c2)c1. The third-order valence-electron chi connectivity index (χ3n) is 3.63. The zero-order chi connectivity index (χ0) is 16.5. The van der Waals surface area contributed by atoms with Crippen LogP contribution in [0.1, 0.15) is 22.3 Å². The molecular weight excluding hydrogens is 304 g/mol. The summed E-state index contributed by atoms with van der Waals surface area (Å²) < 4.78 is 0. The van der Waals surface area contributed by atoms with Gasteiger partial charge >= 0.3 is 0 Å². The molecule has 0 atom stereocenters. The van der Waals surface area contributed by atoms with Crippen LogP contribution in [0.5, 0.6) is 0 Å². The van der Waals surface area contributed by atoms with Crippen LogP contribution in [0, 0.1) is 0 Å². The number of amides is 1. The van der Waals surface area contributed by atoms with Gasteiger partial charge in [-0.15, -0.1) is 0 Å². The minimum absolute atomic E-state index is 0.00827. The lowest BCUT2D eigenvalue weighted by Gasteiger charge is -2.08. The Kier molecular flexibility index (Phi) is 7.17. The molecule has 2 aromatic rings. The molecule has 2 aromatic carbocycles. The minimum atomic E-state index is -0.00827. The van der Waals surface area contributed by atoms with Crippen molar-refractivity contribution in [1.29, 1.82) is 0 Å². The van der Waals surface area contributed by atoms with Gasteiger partial charge in [0.15, 0.2) is 0 Å². The van der Waals surface area contributed by atoms with E-state index in [1.54, 1.807) is 11.8 Å². The van der Waals surface area contributed by atoms with E-state index in [0.717, 1.165) is 36.3 Å². The van der Waals surface area contributed by atoms with Crippen molar-refractivity contribution in [3.63, 3.8) is 0 Å². The molecule has 122 valence electrons. The van der Waals surface area contributed by atoms with Crippen molar-refractivity contribution >= 4 is 17.7 Å². The number of benzene rings is 2. The van der Waals surface area contributed by atoms with Crippen LogP contribution < -0.4 is 11.1 Å². The Balaban J connectivity index is 2.10. The van der Waals surface area contributed by atoms with Gasteiger partial charge in [-0.1, -0.05) is 36.4 Å². The second-order valence-electron chi connectivity index (χ2n) is 5.42. The standard InChI is InChI=1S/C19H24N2OS/c1-23-12-4-11-21-19(22)18-8-3-7-17(14-18)16-6-2-5-15(13-16)9-10-20/h2-3,5-8,13-14H,4,9-12,20H2,1H3,(H,21,22). The van der Waals surface area contributed by atoms with Gasteiger partial charge in [0.25, 0.3) is 5.91 Å². The van der Waals surface area contributed by atoms with Crippen LogP contribution >= 0.6 is 11.8 Å². The van der Waals surface area contributed by atoms with Crippen molar-refractivity contribution in [2.75, 3.05) is 25.1 Å². The van der Waals surface area contributed by atoms with Crippen LogP contribution in [-0.2, 0) is 6.42 Å². The Morgan fingerprint density at radius 3 is 2.61 bits per heavy atom. The van der Waals surface area contributed by atoms with Gasteiger partial charge in [0.05, 0.1) is 0 Å². The topological polar surface area (TPSA) is 55.1 Å². The molecule has 1 amide bonds. The third-order valence-corrected chi connectivity index (χ3v) is 4.33. The lowest BCUT2D eigenvalue weighted by molar-refractivity contribution is 0.0954. The van der Waals surface area contributed by atoms with Gasteiger partial charge in [-0.3, -0.25) is 4.79 Å². The van der Waals surface area contributed by atoms with Crippen molar-refractivity contribution in [2.24, 2.45) is 5.73 Å². The summed E-state index contributed by atoms with van der Waals surface area (Å²) in [6.45, 7) is 1.36. The Morgan fingerprint density at radius 2 is 1.87 bits per heavy atom. The van der Waals surface area contributed by atoms with E-state index < -0.39 is 0 Å². The van der Waals surface area contributed by atoms with Gasteiger partial charge in [0.2, 0.25) is 0 Å². The molecule has 3 N–H and O–H groups in total. The van der Waals surface area contributed by atoms with E-state index in [9.17, 15) is 4.79 Å². The number of carbonyl (C=O) groups is 1. The first-order chi connectivity index (χ1) is 11.2. The van der Waals surface area contributed by atoms with Crippen LogP contribution in [0.15, 0.2) is 48.5 Å². The summed E-state index contributed by atoms with van der Waals surface area (Å²) in [5.74, 6) is 1.06. The fraction of sp³-hybridized carbons (Fsp3) is 0.316. The highest BCUT2D eigenvalue weighted by Gasteiger charge is 2.07. The smallest absolute Gasteiger partial charge is 0.251 e. The average Bonchev–Trinajstić information content (AvgIpc) is 2.59. The maximum absolute atomic E-state index is 12.2. The van der Waals surface area contributed by atoms with Gasteiger partial charge < -0.3 is 11.1 Å². The minimum Gasteiger partial charge on any atom is -0.352 e. The quantitative estimate of drug-likeness (QED) is 0.731. The summed E-state index contributed by atoms with van der Waals surface area (Å²) in [5, 5.41) is 2.98. The molecule has 0 saturated carbocycles. The Labute approximate surface area is 142 Å². The maximum Gasteiger partial charge on any atom is 0.251 e. The van der Waals surface area contributed by atoms with Crippen molar-refractivity contribution < 1.29 is 4.79 Å². The predicted octanol–water partition coefficient (Wildman–Crippen LogP) is 3.34. The summed E-state index contributed by atoms with van der Waals surface area (Å²) in [6, 6.07) is 16.1. The molecule has 0 bridgehead atoms. The monoisotopic (exact) mass is 328 g/mol. The second-order valence-corrected chi connectivity index (χ2v) is 6.41. The summed E-state index contributed by atoms with van der Waals surface area (Å²) in [6.07, 6.45) is 3.93. The van der Waals surface area contributed by atoms with Crippen molar-refractivity contribution in [3.8, 4) is 11.1 Å². The first-order valence-corrected chi connectivity index (χ1v) is 9.30. The number of nitrogens with two attached hydrogens (primary N) is 1. The van der Waals surface area contributed by atoms with Crippen LogP contribution in [-0.4, -0.2) is 31.0 Å². The highest BCUT2D eigenvalue weighted by atomic mass is 32.2. The number of hydrogen-bond acceptors (Lipinski definition) is 3. The Morgan fingerprint density at radius 1 is 1.13 bits per heavy atom. The number of thioether (sulfide) groups is 1. The molecule has 0 heterocycles. The molecule has 4 heteroatoms. The normalized spacial score (nSPS) is 10.5. The molecule has 0 saturated heterocycles. The number of rotatable bonds is 8. The first kappa shape index (κ1) is 17.6. The maximum atomic E-state index is 12.2. The fourth-order valence-corrected chi connectivity index (χ4v) is 2.87. The van der Waals surface area contributed by atoms with E-state index in [-0.39, 0.29) is 5.91 Å². The zero-order valence-electron chi connectivity index (χ0n) is 13.5. The van der Waals surface area contributed by atoms with Crippen LogP contribution in [0.2, 0.25) is 0 Å². The van der Waals surface area contributed by atoms with E-state index in [2.05, 4.69) is 29.8 Å². The van der Waals surface area contributed by atoms with E-state index >= 15 is 0 Å². The average molecular weight is 328 g/mol. The van der Waals surface area contributed by atoms with E-state index in [1.807, 2.05) is 30.3 Å². The lowest BCUT2D eigenvalue weighted by atomic mass is 10.00. The molecule has 0 aliphatic heterocycles. The number of carbonyl (C=O) groups excluding carboxylic acids is 1. The fourth-order valence-electron chi connectivity index (χ4n) is 2.43. The molecular formula is C19H24N2OS. The Hall–Kier alpha value is -1.78. The van der Waals surface area contributed by atoms with Crippen LogP contribution in [0.4, 0.5) is 0 Å². The van der Waals surface area contributed by atoms with Crippen molar-refractivity contribution in [3.05, 3.63) is 59.7 Å². The number of hydrogen-bond donors (Lipinski definition) is 2. The molecule has 0 unspecified atom stereocenters. The zero-order valence-corrected chi connectivity index (χ0v) is 14.4. The molecule has 2 rings (SSSR count). The van der Waals surface area contributed by atoms with Crippen LogP contribution in [0.3, 0.4) is 0 Å². The van der Waals surface area contributed by atoms with Gasteiger partial charge in [-0.25, -0.2) is 0 Å². The summed E-state index contributed by atoms with van der Waals surface area (Å²) in [5.41, 5.74) is 9.73. The van der Waals surface area contributed by atoms with E-state index in [0.29, 0.717) is 12.1 Å². The molecule has 0 spiro atoms. The van der Waals surface area contributed by atoms with Crippen molar-refractivity contribution in [1.82, 2.24) is 5.32 Å². The summed E-state index contributed by atoms with van der Waals surface area (Å²) >= 11 is 1.79. The highest BCUT2D eigenvalue weighted by Crippen LogP contribution is 2.22. The number of nitrogens with one attached hydrogen (secondary N) is 1. The van der Waals surface area contributed by atoms with Crippen LogP contribution in [0.25, 0.3) is 11.1 Å². The molecule has 23 heavy (non-hydrogen) atoms. The lowest BCUT2D eigenvalue weighted by Crippen LogP contribution is -2.24. The van der Waals surface area contributed by atoms with Gasteiger partial charge in [-0.05, 0) is 60.2 Å². The second kappa shape index (κ2) is 9.38. The van der Waals surface area contributed by atoms with E-state index in [4.69, 9.17) is 5.73 Å². The first-order valence-electron chi connectivity index (χ1n) is 7.91. The largest absolute Gasteiger partial charge is 0.352 e. The molecule has 3 nitrogen and oxygen atoms in total. The molecule has 0 fully saturated rings. The Bertz CT molecular complexity index is 643. The predicted molar refractivity (Wildman–Crippen MR) is 100.0 cm³/mol. The summed E-state index contributed by atoms with van der Waals surface area (Å²) in [7, 11) is 0. The molecule has 0 radical (unpaired) electrons. The van der Waals surface area contributed by atoms with Crippen molar-refractivity contribution in [2.45, 2.75) is 12.8 Å². The van der Waals surface area contributed by atoms with Gasteiger partial charge in [-0.2, -0.15) is 11.8 Å². The molecule has 0 aliphatic carbocycles. The van der Waals surface area contributed by atoms with Gasteiger partial charge in [0.1, 0.15) is 0 Å². The molecule has 0 aliphatic rings. The van der Waals surface area contributed by atoms with E-state index in [1.165, 1.54) is 5.56 Å². The third kappa shape index (κ3) is 5.41. The highest BCUT2D eigenvalue weighted by molar-refractivity contribution is 7.98. The van der Waals surface area contributed by atoms with Gasteiger partial charge in [0, 0.05) is 12.1 Å².